The molecule has 0 saturated heterocycles. The van der Waals surface area contributed by atoms with Crippen LogP contribution in [0.4, 0.5) is 0 Å². The highest BCUT2D eigenvalue weighted by Crippen LogP contribution is 2.13. The molecule has 0 aliphatic carbocycles. The zero-order valence-electron chi connectivity index (χ0n) is 8.26. The van der Waals surface area contributed by atoms with E-state index in [0.717, 1.165) is 0 Å². The minimum atomic E-state index is -1.00. The molecule has 0 saturated carbocycles. The minimum absolute atomic E-state index is 0.285. The molecule has 0 aromatic carbocycles. The van der Waals surface area contributed by atoms with Crippen molar-refractivity contribution in [3.63, 3.8) is 0 Å². The van der Waals surface area contributed by atoms with Gasteiger partial charge in [0.05, 0.1) is 6.33 Å². The molecular weight excluding hydrogens is 200 g/mol. The van der Waals surface area contributed by atoms with E-state index < -0.39 is 12.0 Å². The lowest BCUT2D eigenvalue weighted by Crippen LogP contribution is -2.17. The minimum Gasteiger partial charge on any atom is -0.480 e. The average molecular weight is 210 g/mol. The van der Waals surface area contributed by atoms with Gasteiger partial charge in [0.25, 0.3) is 5.56 Å². The van der Waals surface area contributed by atoms with E-state index in [-0.39, 0.29) is 11.1 Å². The number of carboxylic acid groups (broad SMARTS) is 1. The predicted molar refractivity (Wildman–Crippen MR) is 51.7 cm³/mol. The van der Waals surface area contributed by atoms with Crippen LogP contribution in [0.15, 0.2) is 11.1 Å². The maximum atomic E-state index is 11.5. The number of aromatic nitrogens is 4. The van der Waals surface area contributed by atoms with Gasteiger partial charge in [-0.3, -0.25) is 14.6 Å². The second-order valence-corrected chi connectivity index (χ2v) is 3.34. The van der Waals surface area contributed by atoms with Crippen molar-refractivity contribution in [3.8, 4) is 0 Å². The summed E-state index contributed by atoms with van der Waals surface area (Å²) in [5.74, 6) is -1.00. The normalized spacial score (nSPS) is 13.2. The van der Waals surface area contributed by atoms with Gasteiger partial charge in [-0.1, -0.05) is 0 Å². The standard InChI is InChI=1S/C8H10N4O3/c1-4(8(14)15)12-3-9-6-5(12)7(13)10-11(6)2/h3-4H,1-2H3,(H,10,13)(H,14,15)/t4-/m0/s1. The first-order chi connectivity index (χ1) is 7.02. The number of nitrogens with one attached hydrogen (secondary N) is 1. The monoisotopic (exact) mass is 210 g/mol. The van der Waals surface area contributed by atoms with Crippen LogP contribution in [0.2, 0.25) is 0 Å². The van der Waals surface area contributed by atoms with Crippen molar-refractivity contribution in [1.82, 2.24) is 19.3 Å². The van der Waals surface area contributed by atoms with E-state index in [4.69, 9.17) is 5.11 Å². The fourth-order valence-corrected chi connectivity index (χ4v) is 1.49. The second kappa shape index (κ2) is 2.97. The number of rotatable bonds is 2. The van der Waals surface area contributed by atoms with Gasteiger partial charge in [-0.2, -0.15) is 0 Å². The Kier molecular flexibility index (Phi) is 1.88. The number of aryl methyl sites for hydroxylation is 1. The van der Waals surface area contributed by atoms with Gasteiger partial charge in [0, 0.05) is 7.05 Å². The molecule has 0 unspecified atom stereocenters. The summed E-state index contributed by atoms with van der Waals surface area (Å²) in [5, 5.41) is 11.4. The molecule has 2 heterocycles. The predicted octanol–water partition coefficient (Wildman–Crippen LogP) is -0.291. The number of hydrogen-bond donors (Lipinski definition) is 2. The first kappa shape index (κ1) is 9.50. The van der Waals surface area contributed by atoms with Gasteiger partial charge in [0.2, 0.25) is 0 Å². The zero-order chi connectivity index (χ0) is 11.2. The SMILES string of the molecule is C[C@@H](C(=O)O)n1cnc2c1c(=O)[nH]n2C. The largest absolute Gasteiger partial charge is 0.480 e. The number of carboxylic acids is 1. The summed E-state index contributed by atoms with van der Waals surface area (Å²) in [6.45, 7) is 1.50. The van der Waals surface area contributed by atoms with Crippen molar-refractivity contribution in [1.29, 1.82) is 0 Å². The Morgan fingerprint density at radius 3 is 2.93 bits per heavy atom. The molecule has 2 aromatic rings. The van der Waals surface area contributed by atoms with Gasteiger partial charge in [-0.15, -0.1) is 0 Å². The Balaban J connectivity index is 2.73. The number of aliphatic carboxylic acids is 1. The van der Waals surface area contributed by atoms with Crippen molar-refractivity contribution in [2.75, 3.05) is 0 Å². The average Bonchev–Trinajstić information content (AvgIpc) is 2.69. The Morgan fingerprint density at radius 2 is 2.33 bits per heavy atom. The molecule has 7 nitrogen and oxygen atoms in total. The van der Waals surface area contributed by atoms with Gasteiger partial charge < -0.3 is 9.67 Å². The molecule has 0 fully saturated rings. The van der Waals surface area contributed by atoms with Gasteiger partial charge >= 0.3 is 5.97 Å². The molecule has 0 aliphatic heterocycles. The summed E-state index contributed by atoms with van der Waals surface area (Å²) < 4.78 is 2.80. The van der Waals surface area contributed by atoms with Crippen LogP contribution in [-0.2, 0) is 11.8 Å². The van der Waals surface area contributed by atoms with E-state index in [2.05, 4.69) is 10.1 Å². The van der Waals surface area contributed by atoms with Crippen molar-refractivity contribution in [2.45, 2.75) is 13.0 Å². The molecule has 15 heavy (non-hydrogen) atoms. The van der Waals surface area contributed by atoms with Crippen LogP contribution in [0.3, 0.4) is 0 Å². The lowest BCUT2D eigenvalue weighted by atomic mass is 10.3. The summed E-state index contributed by atoms with van der Waals surface area (Å²) >= 11 is 0. The Labute approximate surface area is 83.9 Å². The summed E-state index contributed by atoms with van der Waals surface area (Å²) in [7, 11) is 1.65. The molecule has 0 aliphatic rings. The van der Waals surface area contributed by atoms with Crippen LogP contribution in [0, 0.1) is 0 Å². The molecule has 7 heteroatoms. The highest BCUT2D eigenvalue weighted by atomic mass is 16.4. The van der Waals surface area contributed by atoms with Gasteiger partial charge in [0.15, 0.2) is 11.2 Å². The molecule has 0 bridgehead atoms. The number of aromatic amines is 1. The molecule has 80 valence electrons. The summed E-state index contributed by atoms with van der Waals surface area (Å²) in [5.41, 5.74) is 0.401. The molecule has 0 spiro atoms. The second-order valence-electron chi connectivity index (χ2n) is 3.34. The number of nitrogens with zero attached hydrogens (tertiary/aromatic N) is 3. The molecular formula is C8H10N4O3. The molecule has 0 radical (unpaired) electrons. The van der Waals surface area contributed by atoms with Gasteiger partial charge in [-0.25, -0.2) is 9.78 Å². The Hall–Kier alpha value is -2.05. The lowest BCUT2D eigenvalue weighted by Gasteiger charge is -2.06. The van der Waals surface area contributed by atoms with Crippen molar-refractivity contribution >= 4 is 17.1 Å². The van der Waals surface area contributed by atoms with Crippen LogP contribution in [0.1, 0.15) is 13.0 Å². The molecule has 1 atom stereocenters. The van der Waals surface area contributed by atoms with Crippen LogP contribution in [0.25, 0.3) is 11.2 Å². The molecule has 2 rings (SSSR count). The van der Waals surface area contributed by atoms with E-state index in [0.29, 0.717) is 5.65 Å². The fourth-order valence-electron chi connectivity index (χ4n) is 1.49. The molecule has 2 aromatic heterocycles. The lowest BCUT2D eigenvalue weighted by molar-refractivity contribution is -0.140. The maximum absolute atomic E-state index is 11.5. The van der Waals surface area contributed by atoms with Gasteiger partial charge in [-0.05, 0) is 6.92 Å². The first-order valence-electron chi connectivity index (χ1n) is 4.36. The third-order valence-corrected chi connectivity index (χ3v) is 2.35. The number of H-pyrrole nitrogens is 1. The smallest absolute Gasteiger partial charge is 0.326 e. The van der Waals surface area contributed by atoms with E-state index >= 15 is 0 Å². The van der Waals surface area contributed by atoms with Gasteiger partial charge in [0.1, 0.15) is 6.04 Å². The summed E-state index contributed by atoms with van der Waals surface area (Å²) in [6, 6.07) is -0.807. The number of fused-ring (bicyclic) bond motifs is 1. The highest BCUT2D eigenvalue weighted by molar-refractivity contribution is 5.77. The van der Waals surface area contributed by atoms with E-state index in [9.17, 15) is 9.59 Å². The van der Waals surface area contributed by atoms with Crippen molar-refractivity contribution in [2.24, 2.45) is 7.05 Å². The topological polar surface area (TPSA) is 92.9 Å². The van der Waals surface area contributed by atoms with E-state index in [1.807, 2.05) is 0 Å². The number of carbonyl (C=O) groups is 1. The maximum Gasteiger partial charge on any atom is 0.326 e. The number of imidazole rings is 1. The van der Waals surface area contributed by atoms with Crippen LogP contribution in [0.5, 0.6) is 0 Å². The van der Waals surface area contributed by atoms with Crippen molar-refractivity contribution < 1.29 is 9.90 Å². The highest BCUT2D eigenvalue weighted by Gasteiger charge is 2.19. The summed E-state index contributed by atoms with van der Waals surface area (Å²) in [6.07, 6.45) is 1.36. The van der Waals surface area contributed by atoms with Crippen molar-refractivity contribution in [3.05, 3.63) is 16.7 Å². The third kappa shape index (κ3) is 1.24. The van der Waals surface area contributed by atoms with E-state index in [1.165, 1.54) is 22.5 Å². The van der Waals surface area contributed by atoms with Crippen LogP contribution >= 0.6 is 0 Å². The molecule has 2 N–H and O–H groups in total. The quantitative estimate of drug-likeness (QED) is 0.712. The van der Waals surface area contributed by atoms with E-state index in [1.54, 1.807) is 7.05 Å². The number of hydrogen-bond acceptors (Lipinski definition) is 3. The van der Waals surface area contributed by atoms with Crippen LogP contribution in [-0.4, -0.2) is 30.4 Å². The Morgan fingerprint density at radius 1 is 1.67 bits per heavy atom. The first-order valence-corrected chi connectivity index (χ1v) is 4.36. The molecule has 0 amide bonds. The van der Waals surface area contributed by atoms with Crippen LogP contribution < -0.4 is 5.56 Å². The fraction of sp³-hybridized carbons (Fsp3) is 0.375. The zero-order valence-corrected chi connectivity index (χ0v) is 8.26. The Bertz CT molecular complexity index is 576. The third-order valence-electron chi connectivity index (χ3n) is 2.35. The summed E-state index contributed by atoms with van der Waals surface area (Å²) in [4.78, 5) is 26.2.